The molecule has 0 radical (unpaired) electrons. The molecule has 108 valence electrons. The zero-order chi connectivity index (χ0) is 14.9. The van der Waals surface area contributed by atoms with E-state index in [2.05, 4.69) is 35.3 Å². The van der Waals surface area contributed by atoms with Crippen LogP contribution in [0.2, 0.25) is 0 Å². The summed E-state index contributed by atoms with van der Waals surface area (Å²) >= 11 is 2.73. The van der Waals surface area contributed by atoms with Gasteiger partial charge < -0.3 is 0 Å². The third-order valence-corrected chi connectivity index (χ3v) is 4.58. The van der Waals surface area contributed by atoms with Crippen LogP contribution in [0, 0.1) is 0 Å². The Labute approximate surface area is 127 Å². The molecule has 0 amide bonds. The lowest BCUT2D eigenvalue weighted by atomic mass is 9.93. The largest absolute Gasteiger partial charge is 0.293 e. The molecule has 0 unspecified atom stereocenters. The maximum atomic E-state index is 12.4. The van der Waals surface area contributed by atoms with Crippen molar-refractivity contribution in [3.8, 4) is 0 Å². The summed E-state index contributed by atoms with van der Waals surface area (Å²) in [7, 11) is 0. The topological polar surface area (TPSA) is 55.7 Å². The number of hydrogen-bond acceptors (Lipinski definition) is 6. The van der Waals surface area contributed by atoms with E-state index >= 15 is 0 Å². The predicted molar refractivity (Wildman–Crippen MR) is 82.8 cm³/mol. The van der Waals surface area contributed by atoms with Crippen molar-refractivity contribution in [3.05, 3.63) is 26.7 Å². The minimum absolute atomic E-state index is 0.0208. The van der Waals surface area contributed by atoms with Gasteiger partial charge in [-0.1, -0.05) is 39.1 Å². The number of aromatic nitrogens is 3. The molecule has 20 heavy (non-hydrogen) atoms. The van der Waals surface area contributed by atoms with Crippen LogP contribution in [0.15, 0.2) is 5.38 Å². The second-order valence-electron chi connectivity index (χ2n) is 6.12. The van der Waals surface area contributed by atoms with Crippen molar-refractivity contribution in [1.29, 1.82) is 0 Å². The van der Waals surface area contributed by atoms with Crippen molar-refractivity contribution in [2.24, 2.45) is 0 Å². The zero-order valence-electron chi connectivity index (χ0n) is 12.4. The minimum atomic E-state index is 0.0208. The number of thiazole rings is 1. The molecule has 0 saturated carbocycles. The highest BCUT2D eigenvalue weighted by Gasteiger charge is 2.22. The molecule has 2 aromatic rings. The van der Waals surface area contributed by atoms with E-state index in [1.807, 2.05) is 19.2 Å². The molecule has 0 bridgehead atoms. The second kappa shape index (κ2) is 5.69. The number of carbonyl (C=O) groups excluding carboxylic acids is 1. The van der Waals surface area contributed by atoms with Gasteiger partial charge in [0.25, 0.3) is 0 Å². The van der Waals surface area contributed by atoms with E-state index in [-0.39, 0.29) is 17.1 Å². The molecular weight excluding hydrogens is 290 g/mol. The van der Waals surface area contributed by atoms with Crippen molar-refractivity contribution in [2.45, 2.75) is 52.4 Å². The van der Waals surface area contributed by atoms with Gasteiger partial charge >= 0.3 is 0 Å². The first kappa shape index (κ1) is 15.3. The molecule has 4 nitrogen and oxygen atoms in total. The molecular formula is C14H19N3OS2. The van der Waals surface area contributed by atoms with Gasteiger partial charge in [0.1, 0.15) is 9.88 Å². The first-order valence-electron chi connectivity index (χ1n) is 6.59. The van der Waals surface area contributed by atoms with Crippen LogP contribution >= 0.6 is 22.9 Å². The van der Waals surface area contributed by atoms with Gasteiger partial charge in [0, 0.05) is 10.8 Å². The van der Waals surface area contributed by atoms with E-state index in [4.69, 9.17) is 0 Å². The predicted octanol–water partition coefficient (Wildman–Crippen LogP) is 3.84. The molecule has 0 saturated heterocycles. The van der Waals surface area contributed by atoms with Crippen molar-refractivity contribution in [2.75, 3.05) is 0 Å². The van der Waals surface area contributed by atoms with Crippen molar-refractivity contribution >= 4 is 28.7 Å². The van der Waals surface area contributed by atoms with E-state index in [9.17, 15) is 4.79 Å². The number of hydrogen-bond donors (Lipinski definition) is 0. The highest BCUT2D eigenvalue weighted by atomic mass is 32.1. The monoisotopic (exact) mass is 309 g/mol. The molecule has 0 aliphatic heterocycles. The summed E-state index contributed by atoms with van der Waals surface area (Å²) < 4.78 is 3.90. The molecule has 6 heteroatoms. The van der Waals surface area contributed by atoms with E-state index in [1.165, 1.54) is 11.5 Å². The van der Waals surface area contributed by atoms with E-state index in [0.717, 1.165) is 16.4 Å². The van der Waals surface area contributed by atoms with Gasteiger partial charge in [-0.3, -0.25) is 4.79 Å². The lowest BCUT2D eigenvalue weighted by molar-refractivity contribution is 0.0995. The second-order valence-corrected chi connectivity index (χ2v) is 7.82. The van der Waals surface area contributed by atoms with Crippen molar-refractivity contribution in [3.63, 3.8) is 0 Å². The highest BCUT2D eigenvalue weighted by molar-refractivity contribution is 7.10. The first-order valence-corrected chi connectivity index (χ1v) is 8.24. The van der Waals surface area contributed by atoms with Gasteiger partial charge in [-0.2, -0.15) is 0 Å². The van der Waals surface area contributed by atoms with Crippen LogP contribution in [0.3, 0.4) is 0 Å². The standard InChI is InChI=1S/C14H19N3OS2/c1-8(2)12-13(20-17-16-12)9(18)6-11-15-10(7-19-11)14(3,4)5/h7-8H,6H2,1-5H3. The van der Waals surface area contributed by atoms with Crippen LogP contribution in [0.4, 0.5) is 0 Å². The van der Waals surface area contributed by atoms with E-state index in [0.29, 0.717) is 11.3 Å². The summed E-state index contributed by atoms with van der Waals surface area (Å²) in [6.45, 7) is 10.4. The Morgan fingerprint density at radius 1 is 1.35 bits per heavy atom. The smallest absolute Gasteiger partial charge is 0.183 e. The first-order chi connectivity index (χ1) is 9.29. The number of Topliss-reactive ketones (excluding diaryl/α,β-unsaturated/α-hetero) is 1. The number of carbonyl (C=O) groups is 1. The summed E-state index contributed by atoms with van der Waals surface area (Å²) in [5.41, 5.74) is 1.86. The zero-order valence-corrected chi connectivity index (χ0v) is 14.1. The van der Waals surface area contributed by atoms with Crippen LogP contribution in [0.5, 0.6) is 0 Å². The highest BCUT2D eigenvalue weighted by Crippen LogP contribution is 2.26. The normalized spacial score (nSPS) is 12.1. The van der Waals surface area contributed by atoms with Crippen LogP contribution < -0.4 is 0 Å². The fraction of sp³-hybridized carbons (Fsp3) is 0.571. The Hall–Kier alpha value is -1.14. The Kier molecular flexibility index (Phi) is 4.34. The van der Waals surface area contributed by atoms with Gasteiger partial charge in [-0.25, -0.2) is 4.98 Å². The van der Waals surface area contributed by atoms with Crippen LogP contribution in [-0.4, -0.2) is 20.4 Å². The lowest BCUT2D eigenvalue weighted by Crippen LogP contribution is -2.12. The summed E-state index contributed by atoms with van der Waals surface area (Å²) in [5.74, 6) is 0.285. The lowest BCUT2D eigenvalue weighted by Gasteiger charge is -2.14. The molecule has 0 spiro atoms. The summed E-state index contributed by atoms with van der Waals surface area (Å²) in [5, 5.41) is 6.96. The van der Waals surface area contributed by atoms with E-state index in [1.54, 1.807) is 11.3 Å². The third-order valence-electron chi connectivity index (χ3n) is 2.95. The van der Waals surface area contributed by atoms with Crippen LogP contribution in [0.1, 0.15) is 66.6 Å². The summed E-state index contributed by atoms with van der Waals surface area (Å²) in [6.07, 6.45) is 0.338. The maximum Gasteiger partial charge on any atom is 0.183 e. The average molecular weight is 309 g/mol. The molecule has 0 atom stereocenters. The molecule has 2 rings (SSSR count). The fourth-order valence-corrected chi connectivity index (χ4v) is 3.50. The Balaban J connectivity index is 2.16. The van der Waals surface area contributed by atoms with Gasteiger partial charge in [0.2, 0.25) is 0 Å². The Bertz CT molecular complexity index is 608. The molecule has 0 aromatic carbocycles. The van der Waals surface area contributed by atoms with Crippen molar-refractivity contribution < 1.29 is 4.79 Å². The fourth-order valence-electron chi connectivity index (χ4n) is 1.72. The van der Waals surface area contributed by atoms with Crippen LogP contribution in [0.25, 0.3) is 0 Å². The van der Waals surface area contributed by atoms with Gasteiger partial charge in [0.15, 0.2) is 5.78 Å². The summed E-state index contributed by atoms with van der Waals surface area (Å²) in [4.78, 5) is 17.6. The number of nitrogens with zero attached hydrogens (tertiary/aromatic N) is 3. The maximum absolute atomic E-state index is 12.4. The third kappa shape index (κ3) is 3.30. The van der Waals surface area contributed by atoms with E-state index < -0.39 is 0 Å². The SMILES string of the molecule is CC(C)c1nnsc1C(=O)Cc1nc(C(C)(C)C)cs1. The minimum Gasteiger partial charge on any atom is -0.293 e. The molecule has 2 heterocycles. The Morgan fingerprint density at radius 3 is 2.60 bits per heavy atom. The molecule has 2 aromatic heterocycles. The Morgan fingerprint density at radius 2 is 2.05 bits per heavy atom. The van der Waals surface area contributed by atoms with Gasteiger partial charge in [-0.05, 0) is 17.5 Å². The molecule has 0 aliphatic carbocycles. The quantitative estimate of drug-likeness (QED) is 0.805. The van der Waals surface area contributed by atoms with Crippen LogP contribution in [-0.2, 0) is 11.8 Å². The molecule has 0 fully saturated rings. The van der Waals surface area contributed by atoms with Gasteiger partial charge in [0.05, 0.1) is 17.8 Å². The molecule has 0 aliphatic rings. The summed E-state index contributed by atoms with van der Waals surface area (Å²) in [6, 6.07) is 0. The molecule has 0 N–H and O–H groups in total. The number of rotatable bonds is 4. The van der Waals surface area contributed by atoms with Crippen molar-refractivity contribution in [1.82, 2.24) is 14.6 Å². The van der Waals surface area contributed by atoms with Gasteiger partial charge in [-0.15, -0.1) is 16.4 Å². The average Bonchev–Trinajstić information content (AvgIpc) is 2.95. The number of ketones is 1.